The van der Waals surface area contributed by atoms with Crippen molar-refractivity contribution in [3.63, 3.8) is 0 Å². The summed E-state index contributed by atoms with van der Waals surface area (Å²) in [6.45, 7) is -2.60. The van der Waals surface area contributed by atoms with Gasteiger partial charge >= 0.3 is 18.5 Å². The number of carbonyl (C=O) groups excluding carboxylic acids is 2. The first kappa shape index (κ1) is 29.3. The van der Waals surface area contributed by atoms with E-state index in [1.807, 2.05) is 0 Å². The minimum Gasteiger partial charge on any atom is -0.372 e. The van der Waals surface area contributed by atoms with E-state index in [4.69, 9.17) is 0 Å². The van der Waals surface area contributed by atoms with Crippen molar-refractivity contribution in [1.82, 2.24) is 15.1 Å². The summed E-state index contributed by atoms with van der Waals surface area (Å²) in [5.41, 5.74) is -7.15. The van der Waals surface area contributed by atoms with E-state index < -0.39 is 66.6 Å². The topological polar surface area (TPSA) is 113 Å². The lowest BCUT2D eigenvalue weighted by molar-refractivity contribution is -0.278. The fourth-order valence-corrected chi connectivity index (χ4v) is 3.65. The molecule has 1 aliphatic rings. The molecule has 39 heavy (non-hydrogen) atoms. The van der Waals surface area contributed by atoms with Gasteiger partial charge in [0.15, 0.2) is 5.69 Å². The van der Waals surface area contributed by atoms with Gasteiger partial charge in [0.05, 0.1) is 29.1 Å². The number of rotatable bonds is 7. The van der Waals surface area contributed by atoms with Gasteiger partial charge in [-0.2, -0.15) is 49.9 Å². The second-order valence-electron chi connectivity index (χ2n) is 8.14. The Balaban J connectivity index is 1.91. The van der Waals surface area contributed by atoms with Crippen molar-refractivity contribution in [3.8, 4) is 6.07 Å². The second kappa shape index (κ2) is 10.1. The van der Waals surface area contributed by atoms with Gasteiger partial charge in [-0.25, -0.2) is 0 Å². The predicted molar refractivity (Wildman–Crippen MR) is 112 cm³/mol. The van der Waals surface area contributed by atoms with Gasteiger partial charge in [0.1, 0.15) is 19.2 Å². The van der Waals surface area contributed by atoms with E-state index in [-0.39, 0.29) is 29.3 Å². The summed E-state index contributed by atoms with van der Waals surface area (Å²) in [4.78, 5) is 28.5. The first-order valence-corrected chi connectivity index (χ1v) is 10.5. The van der Waals surface area contributed by atoms with Crippen LogP contribution in [0.15, 0.2) is 29.4 Å². The molecule has 1 aliphatic heterocycles. The third-order valence-corrected chi connectivity index (χ3v) is 5.46. The van der Waals surface area contributed by atoms with Gasteiger partial charge in [-0.3, -0.25) is 14.3 Å². The van der Waals surface area contributed by atoms with Crippen LogP contribution in [0.5, 0.6) is 0 Å². The van der Waals surface area contributed by atoms with Crippen molar-refractivity contribution >= 4 is 23.7 Å². The summed E-state index contributed by atoms with van der Waals surface area (Å²) >= 11 is 0. The van der Waals surface area contributed by atoms with E-state index in [1.165, 1.54) is 5.32 Å². The molecule has 0 bridgehead atoms. The average Bonchev–Trinajstić information content (AvgIpc) is 3.45. The number of benzene rings is 1. The highest BCUT2D eigenvalue weighted by Gasteiger charge is 2.64. The van der Waals surface area contributed by atoms with Crippen LogP contribution in [0.4, 0.5) is 45.2 Å². The Kier molecular flexibility index (Phi) is 7.59. The highest BCUT2D eigenvalue weighted by molar-refractivity contribution is 6.03. The van der Waals surface area contributed by atoms with Crippen LogP contribution in [-0.4, -0.2) is 53.3 Å². The smallest absolute Gasteiger partial charge is 0.372 e. The van der Waals surface area contributed by atoms with E-state index in [9.17, 15) is 54.4 Å². The highest BCUT2D eigenvalue weighted by Crippen LogP contribution is 2.49. The minimum absolute atomic E-state index is 0.0501. The second-order valence-corrected chi connectivity index (χ2v) is 8.14. The number of nitriles is 1. The molecule has 1 unspecified atom stereocenters. The molecule has 3 rings (SSSR count). The zero-order chi connectivity index (χ0) is 29.4. The molecule has 9 nitrogen and oxygen atoms in total. The third kappa shape index (κ3) is 6.07. The minimum atomic E-state index is -5.27. The van der Waals surface area contributed by atoms with Gasteiger partial charge in [0.2, 0.25) is 12.3 Å². The van der Waals surface area contributed by atoms with Crippen molar-refractivity contribution in [2.75, 3.05) is 18.0 Å². The van der Waals surface area contributed by atoms with Crippen LogP contribution in [0.25, 0.3) is 0 Å². The van der Waals surface area contributed by atoms with E-state index in [2.05, 4.69) is 15.1 Å². The largest absolute Gasteiger partial charge is 0.437 e. The number of hydrogen-bond acceptors (Lipinski definition) is 6. The van der Waals surface area contributed by atoms with Crippen LogP contribution >= 0.6 is 0 Å². The summed E-state index contributed by atoms with van der Waals surface area (Å²) in [5.74, 6) is -1.22. The number of aryl methyl sites for hydroxylation is 1. The molecule has 0 saturated heterocycles. The Morgan fingerprint density at radius 2 is 1.87 bits per heavy atom. The Bertz CT molecular complexity index is 1340. The van der Waals surface area contributed by atoms with Crippen molar-refractivity contribution in [2.45, 2.75) is 30.6 Å². The Morgan fingerprint density at radius 1 is 1.21 bits per heavy atom. The molecular formula is C21H15F9N6O3. The molecule has 2 aromatic rings. The number of nitrogens with one attached hydrogen (secondary N) is 1. The SMILES string of the molecule is Cn1nc(C(F)(F)F)cc1C1(C(F)(F)F)CC(c2ccc(N(C=O)CC(=O)NCC(F)(F)F)c(C#N)c2)=NO1. The third-order valence-electron chi connectivity index (χ3n) is 5.46. The first-order chi connectivity index (χ1) is 17.9. The van der Waals surface area contributed by atoms with Gasteiger partial charge < -0.3 is 15.1 Å². The summed E-state index contributed by atoms with van der Waals surface area (Å²) in [6.07, 6.45) is -16.1. The maximum atomic E-state index is 14.2. The molecule has 0 aliphatic carbocycles. The van der Waals surface area contributed by atoms with Crippen LogP contribution in [0.2, 0.25) is 0 Å². The number of anilines is 1. The maximum Gasteiger partial charge on any atom is 0.437 e. The average molecular weight is 570 g/mol. The monoisotopic (exact) mass is 570 g/mol. The summed E-state index contributed by atoms with van der Waals surface area (Å²) in [7, 11) is 0.862. The number of hydrogen-bond donors (Lipinski definition) is 1. The van der Waals surface area contributed by atoms with E-state index in [1.54, 1.807) is 6.07 Å². The summed E-state index contributed by atoms with van der Waals surface area (Å²) in [6, 6.07) is 4.91. The lowest BCUT2D eigenvalue weighted by atomic mass is 9.89. The van der Waals surface area contributed by atoms with E-state index >= 15 is 0 Å². The predicted octanol–water partition coefficient (Wildman–Crippen LogP) is 3.53. The number of oxime groups is 1. The van der Waals surface area contributed by atoms with Crippen LogP contribution in [0.3, 0.4) is 0 Å². The molecule has 210 valence electrons. The van der Waals surface area contributed by atoms with Crippen molar-refractivity contribution < 1.29 is 53.9 Å². The van der Waals surface area contributed by atoms with E-state index in [0.717, 1.165) is 25.2 Å². The van der Waals surface area contributed by atoms with Crippen LogP contribution in [0.1, 0.15) is 28.9 Å². The Hall–Kier alpha value is -4.30. The fraction of sp³-hybridized carbons (Fsp3) is 0.381. The fourth-order valence-electron chi connectivity index (χ4n) is 3.65. The number of halogens is 9. The Labute approximate surface area is 212 Å². The molecule has 0 fully saturated rings. The van der Waals surface area contributed by atoms with Crippen LogP contribution < -0.4 is 10.2 Å². The van der Waals surface area contributed by atoms with Crippen molar-refractivity contribution in [1.29, 1.82) is 5.26 Å². The summed E-state index contributed by atoms with van der Waals surface area (Å²) in [5, 5.41) is 17.5. The van der Waals surface area contributed by atoms with Crippen molar-refractivity contribution in [2.24, 2.45) is 12.2 Å². The van der Waals surface area contributed by atoms with Gasteiger partial charge in [-0.1, -0.05) is 11.2 Å². The molecule has 0 saturated carbocycles. The number of alkyl halides is 9. The lowest BCUT2D eigenvalue weighted by Crippen LogP contribution is -2.44. The van der Waals surface area contributed by atoms with Gasteiger partial charge in [0.25, 0.3) is 5.60 Å². The molecular weight excluding hydrogens is 555 g/mol. The molecule has 1 aromatic carbocycles. The zero-order valence-corrected chi connectivity index (χ0v) is 19.4. The zero-order valence-electron chi connectivity index (χ0n) is 19.4. The quantitative estimate of drug-likeness (QED) is 0.405. The van der Waals surface area contributed by atoms with Gasteiger partial charge in [-0.15, -0.1) is 0 Å². The van der Waals surface area contributed by atoms with Gasteiger partial charge in [0, 0.05) is 12.6 Å². The number of amides is 2. The number of carbonyl (C=O) groups is 2. The van der Waals surface area contributed by atoms with E-state index in [0.29, 0.717) is 9.58 Å². The standard InChI is InChI=1S/C21H15F9N6O3/c1-35-16(5-15(33-35)20(25,26)27)18(21(28,29)30)6-13(34-39-18)11-2-3-14(12(4-11)7-31)36(10-37)8-17(38)32-9-19(22,23)24/h2-5,10H,6,8-9H2,1H3,(H,32,38). The highest BCUT2D eigenvalue weighted by atomic mass is 19.4. The lowest BCUT2D eigenvalue weighted by Gasteiger charge is -2.28. The molecule has 2 heterocycles. The Morgan fingerprint density at radius 3 is 2.38 bits per heavy atom. The molecule has 1 N–H and O–H groups in total. The van der Waals surface area contributed by atoms with Crippen LogP contribution in [0, 0.1) is 11.3 Å². The number of aromatic nitrogens is 2. The molecule has 18 heteroatoms. The summed E-state index contributed by atoms with van der Waals surface area (Å²) < 4.78 is 119. The number of nitrogens with zero attached hydrogens (tertiary/aromatic N) is 5. The first-order valence-electron chi connectivity index (χ1n) is 10.5. The van der Waals surface area contributed by atoms with Gasteiger partial charge in [-0.05, 0) is 18.2 Å². The molecule has 2 amide bonds. The molecule has 0 spiro atoms. The molecule has 1 atom stereocenters. The van der Waals surface area contributed by atoms with Crippen LogP contribution in [-0.2, 0) is 33.3 Å². The normalized spacial score (nSPS) is 17.7. The van der Waals surface area contributed by atoms with Crippen molar-refractivity contribution in [3.05, 3.63) is 46.8 Å². The molecule has 0 radical (unpaired) electrons. The molecule has 1 aromatic heterocycles. The maximum absolute atomic E-state index is 14.2.